The zero-order valence-corrected chi connectivity index (χ0v) is 10.2. The average molecular weight is 220 g/mol. The summed E-state index contributed by atoms with van der Waals surface area (Å²) in [7, 11) is 1.67. The van der Waals surface area contributed by atoms with Gasteiger partial charge in [0.1, 0.15) is 0 Å². The monoisotopic (exact) mass is 220 g/mol. The van der Waals surface area contributed by atoms with Gasteiger partial charge in [0.25, 0.3) is 0 Å². The van der Waals surface area contributed by atoms with Crippen LogP contribution in [-0.2, 0) is 6.42 Å². The van der Waals surface area contributed by atoms with Crippen molar-refractivity contribution < 1.29 is 9.47 Å². The molecule has 0 amide bonds. The second-order valence-corrected chi connectivity index (χ2v) is 3.66. The predicted octanol–water partition coefficient (Wildman–Crippen LogP) is 3.60. The van der Waals surface area contributed by atoms with E-state index in [1.807, 2.05) is 18.2 Å². The maximum atomic E-state index is 5.59. The first-order valence-corrected chi connectivity index (χ1v) is 5.72. The van der Waals surface area contributed by atoms with Crippen LogP contribution in [0.25, 0.3) is 0 Å². The van der Waals surface area contributed by atoms with Crippen LogP contribution in [0.1, 0.15) is 25.3 Å². The van der Waals surface area contributed by atoms with Crippen LogP contribution in [0.3, 0.4) is 0 Å². The molecule has 0 aromatic heterocycles. The fourth-order valence-corrected chi connectivity index (χ4v) is 1.47. The number of hydrogen-bond acceptors (Lipinski definition) is 2. The molecule has 0 aliphatic heterocycles. The number of ether oxygens (including phenoxy) is 2. The summed E-state index contributed by atoms with van der Waals surface area (Å²) in [5, 5.41) is 0. The molecule has 2 heteroatoms. The molecule has 0 radical (unpaired) electrons. The molecule has 0 aliphatic carbocycles. The van der Waals surface area contributed by atoms with Gasteiger partial charge >= 0.3 is 0 Å². The third kappa shape index (κ3) is 3.61. The molecule has 0 fully saturated rings. The van der Waals surface area contributed by atoms with Gasteiger partial charge in [0.15, 0.2) is 11.5 Å². The largest absolute Gasteiger partial charge is 0.493 e. The van der Waals surface area contributed by atoms with Crippen LogP contribution in [0.15, 0.2) is 30.9 Å². The molecule has 1 aromatic rings. The van der Waals surface area contributed by atoms with Gasteiger partial charge in [0.2, 0.25) is 0 Å². The maximum absolute atomic E-state index is 5.59. The highest BCUT2D eigenvalue weighted by atomic mass is 16.5. The summed E-state index contributed by atoms with van der Waals surface area (Å²) in [5.74, 6) is 1.64. The van der Waals surface area contributed by atoms with E-state index in [4.69, 9.17) is 9.47 Å². The molecule has 2 nitrogen and oxygen atoms in total. The molecule has 0 atom stereocenters. The van der Waals surface area contributed by atoms with E-state index in [1.54, 1.807) is 7.11 Å². The van der Waals surface area contributed by atoms with Crippen molar-refractivity contribution in [2.24, 2.45) is 0 Å². The van der Waals surface area contributed by atoms with Crippen molar-refractivity contribution >= 4 is 0 Å². The lowest BCUT2D eigenvalue weighted by atomic mass is 10.1. The van der Waals surface area contributed by atoms with Crippen LogP contribution >= 0.6 is 0 Å². The lowest BCUT2D eigenvalue weighted by Gasteiger charge is -2.11. The van der Waals surface area contributed by atoms with E-state index in [0.29, 0.717) is 0 Å². The Hall–Kier alpha value is -1.44. The van der Waals surface area contributed by atoms with Crippen LogP contribution in [-0.4, -0.2) is 13.7 Å². The Balaban J connectivity index is 2.75. The summed E-state index contributed by atoms with van der Waals surface area (Å²) in [6.07, 6.45) is 4.90. The van der Waals surface area contributed by atoms with E-state index in [-0.39, 0.29) is 0 Å². The maximum Gasteiger partial charge on any atom is 0.161 e. The number of rotatable bonds is 7. The number of benzene rings is 1. The summed E-state index contributed by atoms with van der Waals surface area (Å²) in [6.45, 7) is 6.53. The zero-order valence-electron chi connectivity index (χ0n) is 10.2. The molecule has 16 heavy (non-hydrogen) atoms. The fraction of sp³-hybridized carbons (Fsp3) is 0.429. The van der Waals surface area contributed by atoms with E-state index in [2.05, 4.69) is 19.6 Å². The van der Waals surface area contributed by atoms with E-state index < -0.39 is 0 Å². The van der Waals surface area contributed by atoms with Crippen LogP contribution in [0.4, 0.5) is 0 Å². The summed E-state index contributed by atoms with van der Waals surface area (Å²) >= 11 is 0. The van der Waals surface area contributed by atoms with Gasteiger partial charge in [0.05, 0.1) is 13.7 Å². The zero-order chi connectivity index (χ0) is 11.8. The first-order chi connectivity index (χ1) is 7.81. The van der Waals surface area contributed by atoms with Crippen LogP contribution in [0.5, 0.6) is 11.5 Å². The van der Waals surface area contributed by atoms with Gasteiger partial charge in [-0.2, -0.15) is 0 Å². The highest BCUT2D eigenvalue weighted by Crippen LogP contribution is 2.28. The van der Waals surface area contributed by atoms with Gasteiger partial charge in [-0.15, -0.1) is 6.58 Å². The van der Waals surface area contributed by atoms with Crippen molar-refractivity contribution in [3.05, 3.63) is 36.4 Å². The molecule has 1 rings (SSSR count). The quantitative estimate of drug-likeness (QED) is 0.654. The molecule has 0 aliphatic rings. The molecule has 0 saturated carbocycles. The molecule has 0 unspecified atom stereocenters. The minimum Gasteiger partial charge on any atom is -0.493 e. The molecule has 0 saturated heterocycles. The van der Waals surface area contributed by atoms with Crippen LogP contribution in [0.2, 0.25) is 0 Å². The number of methoxy groups -OCH3 is 1. The van der Waals surface area contributed by atoms with Gasteiger partial charge in [0, 0.05) is 0 Å². The smallest absolute Gasteiger partial charge is 0.161 e. The molecule has 1 aromatic carbocycles. The van der Waals surface area contributed by atoms with Crippen molar-refractivity contribution in [1.29, 1.82) is 0 Å². The van der Waals surface area contributed by atoms with Gasteiger partial charge < -0.3 is 9.47 Å². The summed E-state index contributed by atoms with van der Waals surface area (Å²) in [4.78, 5) is 0. The van der Waals surface area contributed by atoms with E-state index in [1.165, 1.54) is 5.56 Å². The lowest BCUT2D eigenvalue weighted by molar-refractivity contribution is 0.294. The fourth-order valence-electron chi connectivity index (χ4n) is 1.47. The summed E-state index contributed by atoms with van der Waals surface area (Å²) in [6, 6.07) is 6.10. The topological polar surface area (TPSA) is 18.5 Å². The second kappa shape index (κ2) is 6.94. The van der Waals surface area contributed by atoms with Crippen molar-refractivity contribution in [2.75, 3.05) is 13.7 Å². The Morgan fingerprint density at radius 1 is 1.31 bits per heavy atom. The summed E-state index contributed by atoms with van der Waals surface area (Å²) in [5.41, 5.74) is 1.25. The Bertz CT molecular complexity index is 332. The van der Waals surface area contributed by atoms with Crippen molar-refractivity contribution in [1.82, 2.24) is 0 Å². The predicted molar refractivity (Wildman–Crippen MR) is 67.3 cm³/mol. The normalized spacial score (nSPS) is 9.88. The molecular formula is C14H20O2. The minimum atomic E-state index is 0.725. The Morgan fingerprint density at radius 3 is 2.75 bits per heavy atom. The Labute approximate surface area is 97.9 Å². The highest BCUT2D eigenvalue weighted by molar-refractivity contribution is 5.43. The lowest BCUT2D eigenvalue weighted by Crippen LogP contribution is -1.98. The first kappa shape index (κ1) is 12.6. The molecule has 0 heterocycles. The van der Waals surface area contributed by atoms with Crippen molar-refractivity contribution in [3.63, 3.8) is 0 Å². The molecule has 0 bridgehead atoms. The standard InChI is InChI=1S/C14H20O2/c1-4-6-7-12-8-9-13(16-10-5-2)14(11-12)15-3/h4,8-9,11H,1,5-7,10H2,2-3H3. The Kier molecular flexibility index (Phi) is 5.48. The van der Waals surface area contributed by atoms with Crippen LogP contribution < -0.4 is 9.47 Å². The minimum absolute atomic E-state index is 0.725. The van der Waals surface area contributed by atoms with Gasteiger partial charge in [-0.05, 0) is 37.0 Å². The molecular weight excluding hydrogens is 200 g/mol. The van der Waals surface area contributed by atoms with E-state index in [0.717, 1.165) is 37.4 Å². The first-order valence-electron chi connectivity index (χ1n) is 5.72. The summed E-state index contributed by atoms with van der Waals surface area (Å²) < 4.78 is 10.9. The second-order valence-electron chi connectivity index (χ2n) is 3.66. The highest BCUT2D eigenvalue weighted by Gasteiger charge is 2.04. The van der Waals surface area contributed by atoms with Gasteiger partial charge in [-0.3, -0.25) is 0 Å². The Morgan fingerprint density at radius 2 is 2.12 bits per heavy atom. The van der Waals surface area contributed by atoms with Gasteiger partial charge in [-0.1, -0.05) is 19.1 Å². The van der Waals surface area contributed by atoms with E-state index >= 15 is 0 Å². The number of allylic oxidation sites excluding steroid dienone is 1. The third-order valence-corrected chi connectivity index (χ3v) is 2.33. The average Bonchev–Trinajstić information content (AvgIpc) is 2.34. The number of aryl methyl sites for hydroxylation is 1. The molecule has 0 N–H and O–H groups in total. The third-order valence-electron chi connectivity index (χ3n) is 2.33. The van der Waals surface area contributed by atoms with Crippen LogP contribution in [0, 0.1) is 0 Å². The molecule has 88 valence electrons. The van der Waals surface area contributed by atoms with Gasteiger partial charge in [-0.25, -0.2) is 0 Å². The van der Waals surface area contributed by atoms with Crippen molar-refractivity contribution in [2.45, 2.75) is 26.2 Å². The number of hydrogen-bond donors (Lipinski definition) is 0. The van der Waals surface area contributed by atoms with Crippen molar-refractivity contribution in [3.8, 4) is 11.5 Å². The molecule has 0 spiro atoms. The SMILES string of the molecule is C=CCCc1ccc(OCCC)c(OC)c1. The van der Waals surface area contributed by atoms with E-state index in [9.17, 15) is 0 Å².